The Kier molecular flexibility index (Phi) is 3.07. The van der Waals surface area contributed by atoms with Gasteiger partial charge in [-0.1, -0.05) is 5.11 Å². The van der Waals surface area contributed by atoms with Crippen molar-refractivity contribution >= 4 is 22.6 Å². The van der Waals surface area contributed by atoms with Crippen LogP contribution in [0.15, 0.2) is 22.2 Å². The minimum atomic E-state index is -1.47. The summed E-state index contributed by atoms with van der Waals surface area (Å²) in [6, 6.07) is 0.538. The zero-order valence-corrected chi connectivity index (χ0v) is 11.0. The molecule has 0 spiro atoms. The maximum atomic E-state index is 14.5. The van der Waals surface area contributed by atoms with Gasteiger partial charge < -0.3 is 9.67 Å². The molecule has 0 radical (unpaired) electrons. The molecule has 1 saturated carbocycles. The lowest BCUT2D eigenvalue weighted by Crippen LogP contribution is -2.19. The molecule has 7 nitrogen and oxygen atoms in total. The first-order chi connectivity index (χ1) is 10.5. The Hall–Kier alpha value is -2.93. The molecule has 0 bridgehead atoms. The first-order valence-corrected chi connectivity index (χ1v) is 6.31. The molecule has 0 atom stereocenters. The smallest absolute Gasteiger partial charge is 0.341 e. The number of hydrogen-bond donors (Lipinski definition) is 1. The highest BCUT2D eigenvalue weighted by atomic mass is 19.1. The van der Waals surface area contributed by atoms with E-state index >= 15 is 0 Å². The molecule has 0 amide bonds. The van der Waals surface area contributed by atoms with E-state index in [0.29, 0.717) is 18.9 Å². The molecule has 1 heterocycles. The van der Waals surface area contributed by atoms with Crippen LogP contribution in [0.2, 0.25) is 0 Å². The van der Waals surface area contributed by atoms with Crippen LogP contribution in [0.25, 0.3) is 21.3 Å². The number of benzene rings is 1. The molecule has 112 valence electrons. The molecule has 2 aromatic rings. The van der Waals surface area contributed by atoms with Gasteiger partial charge in [-0.3, -0.25) is 4.79 Å². The zero-order valence-electron chi connectivity index (χ0n) is 11.0. The van der Waals surface area contributed by atoms with Crippen molar-refractivity contribution in [2.24, 2.45) is 5.11 Å². The Balaban J connectivity index is 2.52. The van der Waals surface area contributed by atoms with Crippen molar-refractivity contribution in [2.45, 2.75) is 18.9 Å². The van der Waals surface area contributed by atoms with Crippen LogP contribution in [0.4, 0.5) is 14.5 Å². The lowest BCUT2D eigenvalue weighted by Gasteiger charge is -2.13. The third kappa shape index (κ3) is 1.99. The number of aromatic nitrogens is 1. The number of hydrogen-bond acceptors (Lipinski definition) is 3. The maximum Gasteiger partial charge on any atom is 0.341 e. The summed E-state index contributed by atoms with van der Waals surface area (Å²) in [5.74, 6) is -3.86. The third-order valence-corrected chi connectivity index (χ3v) is 3.50. The fraction of sp³-hybridized carbons (Fsp3) is 0.231. The van der Waals surface area contributed by atoms with Crippen molar-refractivity contribution in [1.29, 1.82) is 0 Å². The molecule has 3 rings (SSSR count). The lowest BCUT2D eigenvalue weighted by atomic mass is 10.1. The lowest BCUT2D eigenvalue weighted by molar-refractivity contribution is 0.0695. The molecular formula is C13H8F2N4O3. The van der Waals surface area contributed by atoms with Crippen LogP contribution in [0.5, 0.6) is 0 Å². The molecular weight excluding hydrogens is 298 g/mol. The average Bonchev–Trinajstić information content (AvgIpc) is 3.28. The van der Waals surface area contributed by atoms with Gasteiger partial charge in [0.1, 0.15) is 17.1 Å². The molecule has 1 N–H and O–H groups in total. The number of halogens is 2. The normalized spacial score (nSPS) is 13.9. The van der Waals surface area contributed by atoms with Crippen LogP contribution >= 0.6 is 0 Å². The van der Waals surface area contributed by atoms with Crippen LogP contribution in [0, 0.1) is 11.6 Å². The topological polar surface area (TPSA) is 108 Å². The number of carbonyl (C=O) groups is 1. The number of aromatic carboxylic acids is 1. The Morgan fingerprint density at radius 1 is 1.45 bits per heavy atom. The molecule has 9 heteroatoms. The van der Waals surface area contributed by atoms with Gasteiger partial charge in [-0.25, -0.2) is 13.6 Å². The summed E-state index contributed by atoms with van der Waals surface area (Å²) in [4.78, 5) is 25.6. The van der Waals surface area contributed by atoms with E-state index in [1.807, 2.05) is 0 Å². The van der Waals surface area contributed by atoms with Gasteiger partial charge in [0.15, 0.2) is 5.82 Å². The van der Waals surface area contributed by atoms with E-state index in [-0.39, 0.29) is 11.6 Å². The molecule has 1 aromatic heterocycles. The largest absolute Gasteiger partial charge is 0.477 e. The predicted octanol–water partition coefficient (Wildman–Crippen LogP) is 3.25. The summed E-state index contributed by atoms with van der Waals surface area (Å²) >= 11 is 0. The van der Waals surface area contributed by atoms with E-state index in [2.05, 4.69) is 10.0 Å². The van der Waals surface area contributed by atoms with Gasteiger partial charge in [-0.15, -0.1) is 0 Å². The SMILES string of the molecule is [N-]=[N+]=Nc1c(F)cc2c(=O)c(C(=O)O)cn(C3CC3)c2c1F. The Morgan fingerprint density at radius 2 is 2.14 bits per heavy atom. The van der Waals surface area contributed by atoms with Crippen molar-refractivity contribution in [3.05, 3.63) is 50.1 Å². The van der Waals surface area contributed by atoms with Gasteiger partial charge in [0.05, 0.1) is 10.9 Å². The summed E-state index contributed by atoms with van der Waals surface area (Å²) in [5.41, 5.74) is 5.75. The number of carboxylic acid groups (broad SMARTS) is 1. The number of azide groups is 1. The fourth-order valence-electron chi connectivity index (χ4n) is 2.36. The van der Waals surface area contributed by atoms with Gasteiger partial charge in [0, 0.05) is 17.2 Å². The molecule has 0 aliphatic heterocycles. The summed E-state index contributed by atoms with van der Waals surface area (Å²) in [5, 5.41) is 11.6. The van der Waals surface area contributed by atoms with Gasteiger partial charge in [-0.2, -0.15) is 0 Å². The third-order valence-electron chi connectivity index (χ3n) is 3.50. The van der Waals surface area contributed by atoms with Crippen LogP contribution in [-0.2, 0) is 0 Å². The van der Waals surface area contributed by atoms with Crippen molar-refractivity contribution in [2.75, 3.05) is 0 Å². The van der Waals surface area contributed by atoms with Crippen molar-refractivity contribution in [3.63, 3.8) is 0 Å². The second kappa shape index (κ2) is 4.81. The van der Waals surface area contributed by atoms with E-state index < -0.39 is 39.7 Å². The Bertz CT molecular complexity index is 927. The predicted molar refractivity (Wildman–Crippen MR) is 72.2 cm³/mol. The van der Waals surface area contributed by atoms with E-state index in [1.54, 1.807) is 0 Å². The monoisotopic (exact) mass is 306 g/mol. The minimum absolute atomic E-state index is 0.167. The summed E-state index contributed by atoms with van der Waals surface area (Å²) in [7, 11) is 0. The fourth-order valence-corrected chi connectivity index (χ4v) is 2.36. The van der Waals surface area contributed by atoms with Gasteiger partial charge in [0.2, 0.25) is 5.43 Å². The Labute approximate surface area is 121 Å². The first kappa shape index (κ1) is 14.0. The molecule has 1 fully saturated rings. The first-order valence-electron chi connectivity index (χ1n) is 6.31. The highest BCUT2D eigenvalue weighted by Crippen LogP contribution is 2.39. The van der Waals surface area contributed by atoms with Crippen LogP contribution in [0.3, 0.4) is 0 Å². The Morgan fingerprint density at radius 3 is 2.68 bits per heavy atom. The summed E-state index contributed by atoms with van der Waals surface area (Å²) in [6.45, 7) is 0. The average molecular weight is 306 g/mol. The number of carboxylic acids is 1. The second-order valence-corrected chi connectivity index (χ2v) is 4.92. The molecule has 1 aliphatic rings. The highest BCUT2D eigenvalue weighted by molar-refractivity contribution is 5.93. The van der Waals surface area contributed by atoms with Crippen molar-refractivity contribution in [3.8, 4) is 0 Å². The van der Waals surface area contributed by atoms with E-state index in [9.17, 15) is 18.4 Å². The van der Waals surface area contributed by atoms with Gasteiger partial charge in [-0.05, 0) is 24.4 Å². The number of pyridine rings is 1. The van der Waals surface area contributed by atoms with E-state index in [4.69, 9.17) is 10.6 Å². The number of fused-ring (bicyclic) bond motifs is 1. The van der Waals surface area contributed by atoms with E-state index in [0.717, 1.165) is 6.20 Å². The standard InChI is InChI=1S/C13H8F2N4O3/c14-8-3-6-11(9(15)10(8)17-18-16)19(5-1-2-5)4-7(12(6)20)13(21)22/h3-5H,1-2H2,(H,21,22). The molecule has 1 aromatic carbocycles. The number of nitrogens with zero attached hydrogens (tertiary/aromatic N) is 4. The minimum Gasteiger partial charge on any atom is -0.477 e. The molecule has 0 saturated heterocycles. The van der Waals surface area contributed by atoms with Gasteiger partial charge in [0.25, 0.3) is 0 Å². The maximum absolute atomic E-state index is 14.5. The van der Waals surface area contributed by atoms with E-state index in [1.165, 1.54) is 4.57 Å². The molecule has 0 unspecified atom stereocenters. The second-order valence-electron chi connectivity index (χ2n) is 4.92. The molecule has 1 aliphatic carbocycles. The quantitative estimate of drug-likeness (QED) is 0.534. The van der Waals surface area contributed by atoms with Crippen LogP contribution in [0.1, 0.15) is 29.2 Å². The highest BCUT2D eigenvalue weighted by Gasteiger charge is 2.29. The number of rotatable bonds is 3. The van der Waals surface area contributed by atoms with Crippen LogP contribution in [-0.4, -0.2) is 15.6 Å². The molecule has 22 heavy (non-hydrogen) atoms. The summed E-state index contributed by atoms with van der Waals surface area (Å²) in [6.07, 6.45) is 2.42. The van der Waals surface area contributed by atoms with Gasteiger partial charge >= 0.3 is 5.97 Å². The zero-order chi connectivity index (χ0) is 16.0. The summed E-state index contributed by atoms with van der Waals surface area (Å²) < 4.78 is 29.6. The van der Waals surface area contributed by atoms with Crippen molar-refractivity contribution in [1.82, 2.24) is 4.57 Å². The van der Waals surface area contributed by atoms with Crippen LogP contribution < -0.4 is 5.43 Å². The van der Waals surface area contributed by atoms with Crippen molar-refractivity contribution < 1.29 is 18.7 Å².